The average Bonchev–Trinajstić information content (AvgIpc) is 3.43. The molecule has 1 saturated heterocycles. The summed E-state index contributed by atoms with van der Waals surface area (Å²) >= 11 is 6.68. The maximum absolute atomic E-state index is 13.8. The zero-order valence-corrected chi connectivity index (χ0v) is 26.7. The number of nitrogens with zero attached hydrogens (tertiary/aromatic N) is 7. The number of fused-ring (bicyclic) bond motifs is 2. The van der Waals surface area contributed by atoms with E-state index >= 15 is 0 Å². The van der Waals surface area contributed by atoms with Crippen LogP contribution in [0, 0.1) is 11.3 Å². The Kier molecular flexibility index (Phi) is 9.29. The van der Waals surface area contributed by atoms with E-state index in [2.05, 4.69) is 28.5 Å². The first-order valence-electron chi connectivity index (χ1n) is 15.7. The van der Waals surface area contributed by atoms with Crippen molar-refractivity contribution in [3.05, 3.63) is 65.3 Å². The number of alkyl halides is 2. The van der Waals surface area contributed by atoms with E-state index in [0.29, 0.717) is 50.6 Å². The number of halogens is 3. The molecule has 2 atom stereocenters. The van der Waals surface area contributed by atoms with Crippen LogP contribution in [0.1, 0.15) is 36.9 Å². The standard InChI is InChI=1S/C34H38ClF2N7O2/c1-3-30(45)44-17-16-43(21-25(44)11-14-38)32-26-12-15-42(29-9-5-7-23-6-4-8-27(35)31(23)29)22-28(26)39-33(40-32)46-19-18-41(2)24-10-13-34(36,37)20-24/h3-9,24-25H,1,10-13,15-22H2,2H3/t24?,25-/m0/s1. The Morgan fingerprint density at radius 2 is 2.02 bits per heavy atom. The third-order valence-electron chi connectivity index (χ3n) is 9.44. The minimum Gasteiger partial charge on any atom is -0.462 e. The molecule has 0 radical (unpaired) electrons. The Morgan fingerprint density at radius 1 is 1.22 bits per heavy atom. The molecule has 1 amide bonds. The lowest BCUT2D eigenvalue weighted by atomic mass is 10.0. The van der Waals surface area contributed by atoms with Gasteiger partial charge in [-0.3, -0.25) is 9.69 Å². The smallest absolute Gasteiger partial charge is 0.318 e. The van der Waals surface area contributed by atoms with E-state index in [1.165, 1.54) is 6.08 Å². The van der Waals surface area contributed by atoms with Gasteiger partial charge in [0.1, 0.15) is 12.4 Å². The first-order valence-corrected chi connectivity index (χ1v) is 16.1. The van der Waals surface area contributed by atoms with Gasteiger partial charge >= 0.3 is 6.01 Å². The van der Waals surface area contributed by atoms with E-state index in [1.807, 2.05) is 42.3 Å². The van der Waals surface area contributed by atoms with Gasteiger partial charge in [-0.1, -0.05) is 42.4 Å². The number of carbonyl (C=O) groups excluding carboxylic acids is 1. The van der Waals surface area contributed by atoms with E-state index in [0.717, 1.165) is 40.1 Å². The Balaban J connectivity index is 1.28. The Labute approximate surface area is 273 Å². The Hall–Kier alpha value is -4.01. The van der Waals surface area contributed by atoms with E-state index < -0.39 is 5.92 Å². The van der Waals surface area contributed by atoms with Gasteiger partial charge in [-0.05, 0) is 43.5 Å². The summed E-state index contributed by atoms with van der Waals surface area (Å²) in [5.74, 6) is -2.06. The Morgan fingerprint density at radius 3 is 2.76 bits per heavy atom. The van der Waals surface area contributed by atoms with Gasteiger partial charge in [0.2, 0.25) is 11.8 Å². The second kappa shape index (κ2) is 13.4. The number of hydrogen-bond acceptors (Lipinski definition) is 8. The lowest BCUT2D eigenvalue weighted by Gasteiger charge is -2.42. The van der Waals surface area contributed by atoms with Crippen molar-refractivity contribution in [3.8, 4) is 12.1 Å². The fraction of sp³-hybridized carbons (Fsp3) is 0.471. The van der Waals surface area contributed by atoms with Crippen LogP contribution in [-0.2, 0) is 17.8 Å². The molecule has 0 bridgehead atoms. The SMILES string of the molecule is C=CC(=O)N1CCN(c2nc(OCCN(C)C3CCC(F)(F)C3)nc3c2CCN(c2cccc4cccc(Cl)c24)C3)C[C@@H]1CC#N. The molecule has 1 aromatic heterocycles. The van der Waals surface area contributed by atoms with Gasteiger partial charge in [-0.2, -0.15) is 15.2 Å². The van der Waals surface area contributed by atoms with Gasteiger partial charge in [0.25, 0.3) is 0 Å². The van der Waals surface area contributed by atoms with Crippen molar-refractivity contribution < 1.29 is 18.3 Å². The molecule has 1 unspecified atom stereocenters. The van der Waals surface area contributed by atoms with Crippen molar-refractivity contribution in [2.75, 3.05) is 56.2 Å². The zero-order valence-electron chi connectivity index (χ0n) is 26.0. The molecule has 1 saturated carbocycles. The summed E-state index contributed by atoms with van der Waals surface area (Å²) in [7, 11) is 1.85. The third-order valence-corrected chi connectivity index (χ3v) is 9.75. The lowest BCUT2D eigenvalue weighted by molar-refractivity contribution is -0.128. The summed E-state index contributed by atoms with van der Waals surface area (Å²) in [6.07, 6.45) is 2.39. The number of likely N-dealkylation sites (N-methyl/N-ethyl adjacent to an activating group) is 1. The molecule has 3 aliphatic rings. The topological polar surface area (TPSA) is 88.8 Å². The first kappa shape index (κ1) is 32.0. The van der Waals surface area contributed by atoms with Crippen molar-refractivity contribution in [2.45, 2.75) is 56.7 Å². The van der Waals surface area contributed by atoms with Gasteiger partial charge < -0.3 is 19.4 Å². The Bertz CT molecular complexity index is 1660. The van der Waals surface area contributed by atoms with Gasteiger partial charge in [-0.25, -0.2) is 8.78 Å². The molecule has 3 heterocycles. The van der Waals surface area contributed by atoms with E-state index in [9.17, 15) is 18.8 Å². The summed E-state index contributed by atoms with van der Waals surface area (Å²) in [5, 5.41) is 12.3. The van der Waals surface area contributed by atoms with E-state index in [4.69, 9.17) is 26.3 Å². The third kappa shape index (κ3) is 6.60. The van der Waals surface area contributed by atoms with Crippen LogP contribution in [0.15, 0.2) is 49.1 Å². The number of hydrogen-bond donors (Lipinski definition) is 0. The van der Waals surface area contributed by atoms with Gasteiger partial charge in [0.05, 0.1) is 35.8 Å². The van der Waals surface area contributed by atoms with Crippen LogP contribution in [0.2, 0.25) is 5.02 Å². The maximum atomic E-state index is 13.8. The molecule has 0 spiro atoms. The summed E-state index contributed by atoms with van der Waals surface area (Å²) in [6, 6.07) is 14.0. The normalized spacial score (nSPS) is 20.9. The van der Waals surface area contributed by atoms with Gasteiger partial charge in [-0.15, -0.1) is 0 Å². The summed E-state index contributed by atoms with van der Waals surface area (Å²) in [4.78, 5) is 30.3. The molecule has 9 nitrogen and oxygen atoms in total. The van der Waals surface area contributed by atoms with Crippen LogP contribution < -0.4 is 14.5 Å². The molecule has 2 aromatic carbocycles. The number of piperazine rings is 1. The van der Waals surface area contributed by atoms with Crippen molar-refractivity contribution in [1.29, 1.82) is 5.26 Å². The van der Waals surface area contributed by atoms with Crippen LogP contribution in [-0.4, -0.2) is 90.1 Å². The predicted octanol–water partition coefficient (Wildman–Crippen LogP) is 5.46. The molecule has 3 aromatic rings. The van der Waals surface area contributed by atoms with Crippen LogP contribution in [0.3, 0.4) is 0 Å². The summed E-state index contributed by atoms with van der Waals surface area (Å²) in [5.41, 5.74) is 2.87. The van der Waals surface area contributed by atoms with Crippen LogP contribution >= 0.6 is 11.6 Å². The highest BCUT2D eigenvalue weighted by Crippen LogP contribution is 2.38. The quantitative estimate of drug-likeness (QED) is 0.283. The minimum atomic E-state index is -2.61. The first-order chi connectivity index (χ1) is 22.2. The molecule has 12 heteroatoms. The van der Waals surface area contributed by atoms with Crippen LogP contribution in [0.5, 0.6) is 6.01 Å². The van der Waals surface area contributed by atoms with Gasteiger partial charge in [0, 0.05) is 68.2 Å². The van der Waals surface area contributed by atoms with Gasteiger partial charge in [0.15, 0.2) is 0 Å². The van der Waals surface area contributed by atoms with Crippen molar-refractivity contribution in [1.82, 2.24) is 19.8 Å². The summed E-state index contributed by atoms with van der Waals surface area (Å²) in [6.45, 7) is 6.98. The van der Waals surface area contributed by atoms with Crippen molar-refractivity contribution >= 4 is 39.8 Å². The average molecular weight is 650 g/mol. The van der Waals surface area contributed by atoms with Crippen molar-refractivity contribution in [3.63, 3.8) is 0 Å². The van der Waals surface area contributed by atoms with Crippen molar-refractivity contribution in [2.24, 2.45) is 0 Å². The second-order valence-corrected chi connectivity index (χ2v) is 12.7. The van der Waals surface area contributed by atoms with E-state index in [-0.39, 0.29) is 49.9 Å². The molecule has 1 aliphatic carbocycles. The fourth-order valence-electron chi connectivity index (χ4n) is 6.96. The number of nitriles is 1. The highest BCUT2D eigenvalue weighted by molar-refractivity contribution is 6.36. The molecule has 6 rings (SSSR count). The largest absolute Gasteiger partial charge is 0.462 e. The zero-order chi connectivity index (χ0) is 32.4. The highest BCUT2D eigenvalue weighted by atomic mass is 35.5. The predicted molar refractivity (Wildman–Crippen MR) is 175 cm³/mol. The second-order valence-electron chi connectivity index (χ2n) is 12.3. The minimum absolute atomic E-state index is 0.0863. The molecule has 2 fully saturated rings. The number of aromatic nitrogens is 2. The fourth-order valence-corrected chi connectivity index (χ4v) is 7.24. The molecule has 2 aliphatic heterocycles. The summed E-state index contributed by atoms with van der Waals surface area (Å²) < 4.78 is 33.7. The highest BCUT2D eigenvalue weighted by Gasteiger charge is 2.41. The molecule has 242 valence electrons. The number of anilines is 2. The molecule has 0 N–H and O–H groups in total. The maximum Gasteiger partial charge on any atom is 0.318 e. The number of amides is 1. The molecular formula is C34H38ClF2N7O2. The van der Waals surface area contributed by atoms with Crippen LogP contribution in [0.25, 0.3) is 10.8 Å². The monoisotopic (exact) mass is 649 g/mol. The lowest BCUT2D eigenvalue weighted by Crippen LogP contribution is -2.55. The molecule has 46 heavy (non-hydrogen) atoms. The molecular weight excluding hydrogens is 612 g/mol. The number of benzene rings is 2. The number of carbonyl (C=O) groups is 1. The van der Waals surface area contributed by atoms with Crippen LogP contribution in [0.4, 0.5) is 20.3 Å². The number of ether oxygens (including phenoxy) is 1. The number of rotatable bonds is 9. The van der Waals surface area contributed by atoms with E-state index in [1.54, 1.807) is 4.90 Å².